The van der Waals surface area contributed by atoms with Gasteiger partial charge in [-0.05, 0) is 43.9 Å². The van der Waals surface area contributed by atoms with Gasteiger partial charge in [-0.1, -0.05) is 12.1 Å². The normalized spacial score (nSPS) is 9.67. The summed E-state index contributed by atoms with van der Waals surface area (Å²) in [7, 11) is 0. The Bertz CT molecular complexity index is 347. The summed E-state index contributed by atoms with van der Waals surface area (Å²) in [4.78, 5) is 0. The molecule has 0 aliphatic rings. The lowest BCUT2D eigenvalue weighted by Gasteiger charge is -2.09. The second-order valence-corrected chi connectivity index (χ2v) is 3.78. The van der Waals surface area contributed by atoms with E-state index in [2.05, 4.69) is 38.0 Å². The summed E-state index contributed by atoms with van der Waals surface area (Å²) in [5.41, 5.74) is 2.43. The number of ether oxygens (including phenoxy) is 1. The Morgan fingerprint density at radius 2 is 2.07 bits per heavy atom. The molecule has 0 aliphatic carbocycles. The molecule has 0 aliphatic heterocycles. The van der Waals surface area contributed by atoms with Crippen LogP contribution < -0.4 is 4.74 Å². The van der Waals surface area contributed by atoms with E-state index in [4.69, 9.17) is 11.2 Å². The summed E-state index contributed by atoms with van der Waals surface area (Å²) in [6, 6.07) is 6.27. The molecule has 0 spiro atoms. The lowest BCUT2D eigenvalue weighted by atomic mass is 10.1. The first-order valence-electron chi connectivity index (χ1n) is 5.37. The van der Waals surface area contributed by atoms with Crippen LogP contribution in [-0.4, -0.2) is 6.61 Å². The molecule has 0 radical (unpaired) electrons. The summed E-state index contributed by atoms with van der Waals surface area (Å²) < 4.78 is 5.70. The summed E-state index contributed by atoms with van der Waals surface area (Å²) in [5, 5.41) is 0. The summed E-state index contributed by atoms with van der Waals surface area (Å²) in [6.07, 6.45) is 8.09. The van der Waals surface area contributed by atoms with Crippen molar-refractivity contribution in [3.8, 4) is 18.1 Å². The van der Waals surface area contributed by atoms with E-state index < -0.39 is 0 Å². The Hall–Kier alpha value is -1.42. The van der Waals surface area contributed by atoms with Crippen LogP contribution in [0.3, 0.4) is 0 Å². The third kappa shape index (κ3) is 4.08. The number of unbranched alkanes of at least 4 members (excludes halogenated alkanes) is 2. The molecule has 0 amide bonds. The van der Waals surface area contributed by atoms with E-state index in [1.165, 1.54) is 11.1 Å². The highest BCUT2D eigenvalue weighted by molar-refractivity contribution is 5.35. The molecule has 1 rings (SSSR count). The van der Waals surface area contributed by atoms with Crippen molar-refractivity contribution in [2.75, 3.05) is 6.61 Å². The Labute approximate surface area is 92.5 Å². The molecule has 80 valence electrons. The zero-order valence-corrected chi connectivity index (χ0v) is 9.55. The number of rotatable bonds is 5. The van der Waals surface area contributed by atoms with Gasteiger partial charge in [0.2, 0.25) is 0 Å². The number of aryl methyl sites for hydroxylation is 2. The van der Waals surface area contributed by atoms with Gasteiger partial charge in [-0.3, -0.25) is 0 Å². The Kier molecular flexibility index (Phi) is 4.77. The van der Waals surface area contributed by atoms with Gasteiger partial charge in [0.1, 0.15) is 5.75 Å². The standard InChI is InChI=1S/C14H18O/c1-4-5-6-7-10-15-14-11-12(2)8-9-13(14)3/h1,8-9,11H,5-7,10H2,2-3H3. The fourth-order valence-corrected chi connectivity index (χ4v) is 1.37. The van der Waals surface area contributed by atoms with Gasteiger partial charge in [0.15, 0.2) is 0 Å². The summed E-state index contributed by atoms with van der Waals surface area (Å²) in [5.74, 6) is 3.63. The van der Waals surface area contributed by atoms with Crippen molar-refractivity contribution in [2.45, 2.75) is 33.1 Å². The van der Waals surface area contributed by atoms with Crippen LogP contribution in [0.2, 0.25) is 0 Å². The van der Waals surface area contributed by atoms with Crippen molar-refractivity contribution in [2.24, 2.45) is 0 Å². The smallest absolute Gasteiger partial charge is 0.122 e. The average Bonchev–Trinajstić information content (AvgIpc) is 2.23. The highest BCUT2D eigenvalue weighted by Gasteiger charge is 1.98. The van der Waals surface area contributed by atoms with E-state index in [1.54, 1.807) is 0 Å². The lowest BCUT2D eigenvalue weighted by molar-refractivity contribution is 0.305. The van der Waals surface area contributed by atoms with Gasteiger partial charge in [0.25, 0.3) is 0 Å². The SMILES string of the molecule is C#CCCCCOc1cc(C)ccc1C. The second kappa shape index (κ2) is 6.14. The maximum absolute atomic E-state index is 5.70. The van der Waals surface area contributed by atoms with Crippen LogP contribution in [0, 0.1) is 26.2 Å². The molecule has 15 heavy (non-hydrogen) atoms. The van der Waals surface area contributed by atoms with Crippen LogP contribution in [0.5, 0.6) is 5.75 Å². The molecule has 0 heterocycles. The van der Waals surface area contributed by atoms with Gasteiger partial charge in [-0.15, -0.1) is 12.3 Å². The maximum Gasteiger partial charge on any atom is 0.122 e. The molecule has 1 aromatic carbocycles. The van der Waals surface area contributed by atoms with Gasteiger partial charge in [0.05, 0.1) is 6.61 Å². The minimum Gasteiger partial charge on any atom is -0.493 e. The topological polar surface area (TPSA) is 9.23 Å². The van der Waals surface area contributed by atoms with Crippen LogP contribution in [-0.2, 0) is 0 Å². The highest BCUT2D eigenvalue weighted by atomic mass is 16.5. The van der Waals surface area contributed by atoms with Crippen LogP contribution in [0.4, 0.5) is 0 Å². The first kappa shape index (κ1) is 11.7. The predicted molar refractivity (Wildman–Crippen MR) is 64.1 cm³/mol. The van der Waals surface area contributed by atoms with E-state index >= 15 is 0 Å². The van der Waals surface area contributed by atoms with Gasteiger partial charge < -0.3 is 4.74 Å². The van der Waals surface area contributed by atoms with Crippen molar-refractivity contribution in [3.05, 3.63) is 29.3 Å². The minimum atomic E-state index is 0.756. The minimum absolute atomic E-state index is 0.756. The Morgan fingerprint density at radius 3 is 2.80 bits per heavy atom. The third-order valence-electron chi connectivity index (χ3n) is 2.32. The van der Waals surface area contributed by atoms with E-state index in [1.807, 2.05) is 0 Å². The molecule has 1 aromatic rings. The quantitative estimate of drug-likeness (QED) is 0.524. The van der Waals surface area contributed by atoms with E-state index in [0.29, 0.717) is 0 Å². The van der Waals surface area contributed by atoms with Gasteiger partial charge in [-0.25, -0.2) is 0 Å². The molecule has 1 nitrogen and oxygen atoms in total. The van der Waals surface area contributed by atoms with Crippen LogP contribution in [0.25, 0.3) is 0 Å². The van der Waals surface area contributed by atoms with E-state index in [0.717, 1.165) is 31.6 Å². The highest BCUT2D eigenvalue weighted by Crippen LogP contribution is 2.19. The predicted octanol–water partition coefficient (Wildman–Crippen LogP) is 3.49. The molecule has 0 saturated carbocycles. The summed E-state index contributed by atoms with van der Waals surface area (Å²) in [6.45, 7) is 4.90. The molecule has 0 atom stereocenters. The molecule has 0 unspecified atom stereocenters. The molecule has 0 fully saturated rings. The fourth-order valence-electron chi connectivity index (χ4n) is 1.37. The molecule has 0 saturated heterocycles. The second-order valence-electron chi connectivity index (χ2n) is 3.78. The van der Waals surface area contributed by atoms with Crippen LogP contribution in [0.1, 0.15) is 30.4 Å². The summed E-state index contributed by atoms with van der Waals surface area (Å²) >= 11 is 0. The number of benzene rings is 1. The first-order chi connectivity index (χ1) is 7.24. The Morgan fingerprint density at radius 1 is 1.27 bits per heavy atom. The zero-order valence-electron chi connectivity index (χ0n) is 9.55. The number of terminal acetylenes is 1. The Balaban J connectivity index is 2.37. The largest absolute Gasteiger partial charge is 0.493 e. The molecule has 0 N–H and O–H groups in total. The number of hydrogen-bond donors (Lipinski definition) is 0. The molecule has 0 bridgehead atoms. The zero-order chi connectivity index (χ0) is 11.1. The van der Waals surface area contributed by atoms with Crippen molar-refractivity contribution in [3.63, 3.8) is 0 Å². The average molecular weight is 202 g/mol. The molecular weight excluding hydrogens is 184 g/mol. The van der Waals surface area contributed by atoms with Crippen molar-refractivity contribution in [1.29, 1.82) is 0 Å². The number of hydrogen-bond acceptors (Lipinski definition) is 1. The van der Waals surface area contributed by atoms with Crippen LogP contribution in [0.15, 0.2) is 18.2 Å². The third-order valence-corrected chi connectivity index (χ3v) is 2.32. The van der Waals surface area contributed by atoms with E-state index in [-0.39, 0.29) is 0 Å². The van der Waals surface area contributed by atoms with Crippen molar-refractivity contribution in [1.82, 2.24) is 0 Å². The lowest BCUT2D eigenvalue weighted by Crippen LogP contribution is -1.98. The molecule has 0 aromatic heterocycles. The first-order valence-corrected chi connectivity index (χ1v) is 5.37. The van der Waals surface area contributed by atoms with Gasteiger partial charge in [0, 0.05) is 6.42 Å². The van der Waals surface area contributed by atoms with E-state index in [9.17, 15) is 0 Å². The monoisotopic (exact) mass is 202 g/mol. The van der Waals surface area contributed by atoms with Crippen molar-refractivity contribution >= 4 is 0 Å². The molecule has 1 heteroatoms. The fraction of sp³-hybridized carbons (Fsp3) is 0.429. The van der Waals surface area contributed by atoms with Gasteiger partial charge >= 0.3 is 0 Å². The van der Waals surface area contributed by atoms with Crippen molar-refractivity contribution < 1.29 is 4.74 Å². The molecular formula is C14H18O. The maximum atomic E-state index is 5.70. The van der Waals surface area contributed by atoms with Gasteiger partial charge in [-0.2, -0.15) is 0 Å². The van der Waals surface area contributed by atoms with Crippen LogP contribution >= 0.6 is 0 Å².